The van der Waals surface area contributed by atoms with Crippen molar-refractivity contribution in [3.8, 4) is 11.1 Å². The van der Waals surface area contributed by atoms with Crippen molar-refractivity contribution in [3.63, 3.8) is 0 Å². The second-order valence-electron chi connectivity index (χ2n) is 8.00. The summed E-state index contributed by atoms with van der Waals surface area (Å²) in [4.78, 5) is 24.0. The average molecular weight is 468 g/mol. The fourth-order valence-corrected chi connectivity index (χ4v) is 4.46. The van der Waals surface area contributed by atoms with Crippen molar-refractivity contribution in [2.45, 2.75) is 13.3 Å². The van der Waals surface area contributed by atoms with Gasteiger partial charge in [-0.1, -0.05) is 36.4 Å². The van der Waals surface area contributed by atoms with Crippen molar-refractivity contribution < 1.29 is 14.0 Å². The number of nitrogens with one attached hydrogen (secondary N) is 1. The molecule has 2 heterocycles. The summed E-state index contributed by atoms with van der Waals surface area (Å²) in [5.41, 5.74) is 4.27. The van der Waals surface area contributed by atoms with Gasteiger partial charge in [0.05, 0.1) is 17.7 Å². The van der Waals surface area contributed by atoms with Gasteiger partial charge in [0, 0.05) is 17.7 Å². The second-order valence-corrected chi connectivity index (χ2v) is 9.05. The van der Waals surface area contributed by atoms with E-state index in [0.717, 1.165) is 38.2 Å². The first-order valence-corrected chi connectivity index (χ1v) is 11.8. The molecule has 1 aromatic heterocycles. The molecule has 0 fully saturated rings. The van der Waals surface area contributed by atoms with Gasteiger partial charge in [0.15, 0.2) is 5.76 Å². The van der Waals surface area contributed by atoms with Crippen LogP contribution in [0, 0.1) is 0 Å². The molecule has 0 saturated heterocycles. The van der Waals surface area contributed by atoms with Crippen LogP contribution in [0.4, 0.5) is 5.69 Å². The summed E-state index contributed by atoms with van der Waals surface area (Å²) >= 11 is 1.41. The molecular formula is C27H21N3O3S. The molecule has 1 aliphatic heterocycles. The van der Waals surface area contributed by atoms with Crippen molar-refractivity contribution >= 4 is 50.7 Å². The predicted molar refractivity (Wildman–Crippen MR) is 138 cm³/mol. The summed E-state index contributed by atoms with van der Waals surface area (Å²) in [6.07, 6.45) is 2.02. The largest absolute Gasteiger partial charge is 0.459 e. The zero-order valence-electron chi connectivity index (χ0n) is 18.4. The molecule has 0 atom stereocenters. The van der Waals surface area contributed by atoms with Crippen molar-refractivity contribution in [3.05, 3.63) is 90.4 Å². The smallest absolute Gasteiger partial charge is 0.291 e. The molecular weight excluding hydrogens is 446 g/mol. The van der Waals surface area contributed by atoms with Crippen LogP contribution in [0.5, 0.6) is 0 Å². The maximum atomic E-state index is 12.6. The Kier molecular flexibility index (Phi) is 6.10. The van der Waals surface area contributed by atoms with Crippen molar-refractivity contribution in [2.24, 2.45) is 10.2 Å². The topological polar surface area (TPSA) is 84.0 Å². The number of benzene rings is 3. The third-order valence-corrected chi connectivity index (χ3v) is 6.50. The molecule has 3 aromatic carbocycles. The van der Waals surface area contributed by atoms with E-state index in [2.05, 4.69) is 51.9 Å². The molecule has 1 N–H and O–H groups in total. The first kappa shape index (κ1) is 21.9. The first-order chi connectivity index (χ1) is 16.5. The highest BCUT2D eigenvalue weighted by molar-refractivity contribution is 8.14. The van der Waals surface area contributed by atoms with Crippen LogP contribution in [0.3, 0.4) is 0 Å². The predicted octanol–water partition coefficient (Wildman–Crippen LogP) is 6.18. The highest BCUT2D eigenvalue weighted by Gasteiger charge is 2.18. The van der Waals surface area contributed by atoms with E-state index in [0.29, 0.717) is 17.9 Å². The number of thioether (sulfide) groups is 1. The Bertz CT molecular complexity index is 1460. The molecule has 7 heteroatoms. The van der Waals surface area contributed by atoms with Crippen LogP contribution < -0.4 is 5.32 Å². The summed E-state index contributed by atoms with van der Waals surface area (Å²) in [7, 11) is 0. The van der Waals surface area contributed by atoms with E-state index in [1.807, 2.05) is 24.3 Å². The van der Waals surface area contributed by atoms with Crippen molar-refractivity contribution in [1.29, 1.82) is 0 Å². The minimum absolute atomic E-state index is 0.0994. The van der Waals surface area contributed by atoms with Crippen LogP contribution in [0.1, 0.15) is 29.5 Å². The number of anilines is 1. The lowest BCUT2D eigenvalue weighted by atomic mass is 9.97. The van der Waals surface area contributed by atoms with E-state index < -0.39 is 0 Å². The van der Waals surface area contributed by atoms with Gasteiger partial charge in [0.25, 0.3) is 5.91 Å². The molecule has 4 aromatic rings. The molecule has 1 aliphatic rings. The van der Waals surface area contributed by atoms with Gasteiger partial charge >= 0.3 is 0 Å². The van der Waals surface area contributed by atoms with Gasteiger partial charge in [-0.15, -0.1) is 16.9 Å². The zero-order chi connectivity index (χ0) is 23.5. The number of hydrogen-bond acceptors (Lipinski definition) is 6. The Morgan fingerprint density at radius 2 is 1.74 bits per heavy atom. The maximum absolute atomic E-state index is 12.6. The van der Waals surface area contributed by atoms with Gasteiger partial charge in [-0.3, -0.25) is 9.59 Å². The second kappa shape index (κ2) is 9.49. The quantitative estimate of drug-likeness (QED) is 0.367. The Morgan fingerprint density at radius 3 is 2.53 bits per heavy atom. The summed E-state index contributed by atoms with van der Waals surface area (Å²) in [6, 6.07) is 23.7. The lowest BCUT2D eigenvalue weighted by Gasteiger charge is -2.12. The van der Waals surface area contributed by atoms with Gasteiger partial charge < -0.3 is 9.73 Å². The van der Waals surface area contributed by atoms with E-state index in [-0.39, 0.29) is 17.5 Å². The number of fused-ring (bicyclic) bond motifs is 1. The van der Waals surface area contributed by atoms with Gasteiger partial charge in [-0.05, 0) is 65.2 Å². The number of furan rings is 1. The molecule has 0 saturated carbocycles. The molecule has 6 nitrogen and oxygen atoms in total. The van der Waals surface area contributed by atoms with Crippen molar-refractivity contribution in [2.75, 3.05) is 11.1 Å². The third kappa shape index (κ3) is 4.84. The van der Waals surface area contributed by atoms with Crippen LogP contribution in [0.15, 0.2) is 93.7 Å². The minimum Gasteiger partial charge on any atom is -0.459 e. The van der Waals surface area contributed by atoms with Gasteiger partial charge in [0.2, 0.25) is 0 Å². The van der Waals surface area contributed by atoms with Crippen LogP contribution in [-0.4, -0.2) is 28.2 Å². The molecule has 0 aliphatic carbocycles. The molecule has 0 unspecified atom stereocenters. The summed E-state index contributed by atoms with van der Waals surface area (Å²) < 4.78 is 5.24. The van der Waals surface area contributed by atoms with Gasteiger partial charge in [0.1, 0.15) is 10.8 Å². The van der Waals surface area contributed by atoms with E-state index in [9.17, 15) is 9.59 Å². The highest BCUT2D eigenvalue weighted by Crippen LogP contribution is 2.30. The normalized spacial score (nSPS) is 13.0. The number of ketones is 1. The van der Waals surface area contributed by atoms with E-state index in [1.54, 1.807) is 19.1 Å². The molecule has 1 amide bonds. The summed E-state index contributed by atoms with van der Waals surface area (Å²) in [5.74, 6) is 0.391. The number of amides is 1. The summed E-state index contributed by atoms with van der Waals surface area (Å²) in [5, 5.41) is 14.7. The Balaban J connectivity index is 1.49. The van der Waals surface area contributed by atoms with Gasteiger partial charge in [-0.2, -0.15) is 5.10 Å². The molecule has 0 spiro atoms. The van der Waals surface area contributed by atoms with E-state index in [4.69, 9.17) is 4.42 Å². The number of Topliss-reactive ketones (excluding diaryl/α,β-unsaturated/α-hetero) is 1. The van der Waals surface area contributed by atoms with E-state index in [1.165, 1.54) is 18.0 Å². The minimum atomic E-state index is -0.325. The Hall–Kier alpha value is -3.97. The number of rotatable bonds is 6. The number of carbonyl (C=O) groups excluding carboxylic acids is 2. The molecule has 0 radical (unpaired) electrons. The number of hydrogen-bond donors (Lipinski definition) is 1. The number of nitrogens with zero attached hydrogens (tertiary/aromatic N) is 2. The standard InChI is InChI=1S/C27H21N3O3S/c1-17(31)16-34-26-15-24(29-30-26)22-12-21(20-9-8-18-5-2-3-6-19(18)11-20)13-23(14-22)28-27(32)25-7-4-10-33-25/h2-14H,15-16H2,1H3,(H,28,32). The summed E-state index contributed by atoms with van der Waals surface area (Å²) in [6.45, 7) is 1.56. The first-order valence-electron chi connectivity index (χ1n) is 10.8. The lowest BCUT2D eigenvalue weighted by Crippen LogP contribution is -2.12. The Morgan fingerprint density at radius 1 is 0.912 bits per heavy atom. The van der Waals surface area contributed by atoms with Crippen LogP contribution in [0.25, 0.3) is 21.9 Å². The van der Waals surface area contributed by atoms with Crippen LogP contribution in [0.2, 0.25) is 0 Å². The molecule has 168 valence electrons. The molecule has 0 bridgehead atoms. The maximum Gasteiger partial charge on any atom is 0.291 e. The number of carbonyl (C=O) groups is 2. The zero-order valence-corrected chi connectivity index (χ0v) is 19.3. The molecule has 34 heavy (non-hydrogen) atoms. The average Bonchev–Trinajstić information content (AvgIpc) is 3.55. The SMILES string of the molecule is CC(=O)CSC1=NN=C(c2cc(NC(=O)c3ccco3)cc(-c3ccc4ccccc4c3)c2)C1. The Labute approximate surface area is 200 Å². The van der Waals surface area contributed by atoms with Gasteiger partial charge in [-0.25, -0.2) is 0 Å². The van der Waals surface area contributed by atoms with Crippen LogP contribution >= 0.6 is 11.8 Å². The fourth-order valence-electron chi connectivity index (χ4n) is 3.76. The van der Waals surface area contributed by atoms with Crippen LogP contribution in [-0.2, 0) is 4.79 Å². The van der Waals surface area contributed by atoms with Crippen molar-refractivity contribution in [1.82, 2.24) is 0 Å². The third-order valence-electron chi connectivity index (χ3n) is 5.39. The lowest BCUT2D eigenvalue weighted by molar-refractivity contribution is -0.114. The van der Waals surface area contributed by atoms with E-state index >= 15 is 0 Å². The monoisotopic (exact) mass is 467 g/mol. The molecule has 5 rings (SSSR count). The highest BCUT2D eigenvalue weighted by atomic mass is 32.2. The fraction of sp³-hybridized carbons (Fsp3) is 0.111.